The first-order valence-corrected chi connectivity index (χ1v) is 4.51. The normalized spacial score (nSPS) is 10.6. The lowest BCUT2D eigenvalue weighted by Crippen LogP contribution is -1.88. The van der Waals surface area contributed by atoms with Crippen LogP contribution in [0.1, 0.15) is 5.56 Å². The van der Waals surface area contributed by atoms with E-state index in [1.807, 2.05) is 37.3 Å². The zero-order chi connectivity index (χ0) is 9.42. The number of nitrogens with two attached hydrogens (primary N) is 1. The Labute approximate surface area is 82.1 Å². The van der Waals surface area contributed by atoms with Crippen molar-refractivity contribution in [3.63, 3.8) is 0 Å². The minimum absolute atomic E-state index is 0.766. The van der Waals surface area contributed by atoms with E-state index in [1.54, 1.807) is 0 Å². The summed E-state index contributed by atoms with van der Waals surface area (Å²) in [6, 6.07) is 9.69. The van der Waals surface area contributed by atoms with Gasteiger partial charge in [0.1, 0.15) is 0 Å². The molecular weight excluding hydrogens is 182 g/mol. The topological polar surface area (TPSA) is 26.0 Å². The molecule has 0 radical (unpaired) electrons. The van der Waals surface area contributed by atoms with Crippen LogP contribution < -0.4 is 5.73 Å². The Bertz CT molecular complexity index is 455. The van der Waals surface area contributed by atoms with Gasteiger partial charge in [-0.25, -0.2) is 0 Å². The number of anilines is 1. The van der Waals surface area contributed by atoms with Crippen molar-refractivity contribution in [2.24, 2.45) is 0 Å². The summed E-state index contributed by atoms with van der Waals surface area (Å²) in [4.78, 5) is 0. The van der Waals surface area contributed by atoms with Crippen LogP contribution in [0.25, 0.3) is 10.8 Å². The van der Waals surface area contributed by atoms with Crippen molar-refractivity contribution in [2.45, 2.75) is 6.92 Å². The highest BCUT2D eigenvalue weighted by Gasteiger charge is 2.03. The molecule has 0 aromatic heterocycles. The molecule has 0 saturated heterocycles. The number of hydrogen-bond donors (Lipinski definition) is 1. The van der Waals surface area contributed by atoms with Gasteiger partial charge in [0.15, 0.2) is 0 Å². The number of rotatable bonds is 0. The summed E-state index contributed by atoms with van der Waals surface area (Å²) in [6.07, 6.45) is 0. The molecule has 0 amide bonds. The molecular formula is C11H10ClN. The molecule has 0 spiro atoms. The highest BCUT2D eigenvalue weighted by atomic mass is 35.5. The first-order valence-electron chi connectivity index (χ1n) is 4.13. The third-order valence-electron chi connectivity index (χ3n) is 2.23. The van der Waals surface area contributed by atoms with Crippen LogP contribution in [0.2, 0.25) is 5.02 Å². The second-order valence-electron chi connectivity index (χ2n) is 3.13. The van der Waals surface area contributed by atoms with Crippen molar-refractivity contribution in [3.05, 3.63) is 40.9 Å². The minimum atomic E-state index is 0.766. The molecule has 0 atom stereocenters. The van der Waals surface area contributed by atoms with Gasteiger partial charge in [-0.1, -0.05) is 29.8 Å². The maximum atomic E-state index is 6.08. The number of fused-ring (bicyclic) bond motifs is 1. The molecule has 13 heavy (non-hydrogen) atoms. The summed E-state index contributed by atoms with van der Waals surface area (Å²) in [6.45, 7) is 2.04. The molecule has 0 fully saturated rings. The third-order valence-corrected chi connectivity index (χ3v) is 2.55. The number of halogens is 1. The van der Waals surface area contributed by atoms with Crippen LogP contribution in [-0.4, -0.2) is 0 Å². The largest absolute Gasteiger partial charge is 0.398 e. The van der Waals surface area contributed by atoms with Gasteiger partial charge in [-0.2, -0.15) is 0 Å². The molecule has 2 N–H and O–H groups in total. The second kappa shape index (κ2) is 2.93. The van der Waals surface area contributed by atoms with Crippen LogP contribution in [0.3, 0.4) is 0 Å². The van der Waals surface area contributed by atoms with Crippen molar-refractivity contribution in [2.75, 3.05) is 5.73 Å². The van der Waals surface area contributed by atoms with Crippen LogP contribution in [-0.2, 0) is 0 Å². The smallest absolute Gasteiger partial charge is 0.0487 e. The molecule has 0 saturated carbocycles. The average molecular weight is 192 g/mol. The van der Waals surface area contributed by atoms with Gasteiger partial charge >= 0.3 is 0 Å². The van der Waals surface area contributed by atoms with Gasteiger partial charge < -0.3 is 5.73 Å². The van der Waals surface area contributed by atoms with E-state index in [9.17, 15) is 0 Å². The van der Waals surface area contributed by atoms with Crippen molar-refractivity contribution in [3.8, 4) is 0 Å². The number of aryl methyl sites for hydroxylation is 1. The van der Waals surface area contributed by atoms with Gasteiger partial charge in [0.2, 0.25) is 0 Å². The summed E-state index contributed by atoms with van der Waals surface area (Å²) in [7, 11) is 0. The molecule has 0 aliphatic carbocycles. The molecule has 0 heterocycles. The fraction of sp³-hybridized carbons (Fsp3) is 0.0909. The number of benzene rings is 2. The number of nitrogen functional groups attached to an aromatic ring is 1. The Kier molecular flexibility index (Phi) is 1.89. The Balaban J connectivity index is 3.00. The SMILES string of the molecule is Cc1ccc(N)c2cccc(Cl)c12. The molecule has 0 bridgehead atoms. The van der Waals surface area contributed by atoms with E-state index in [0.717, 1.165) is 27.0 Å². The second-order valence-corrected chi connectivity index (χ2v) is 3.54. The molecule has 2 aromatic carbocycles. The van der Waals surface area contributed by atoms with Crippen LogP contribution in [0.15, 0.2) is 30.3 Å². The van der Waals surface area contributed by atoms with Gasteiger partial charge in [0.05, 0.1) is 0 Å². The van der Waals surface area contributed by atoms with Crippen LogP contribution in [0, 0.1) is 6.92 Å². The highest BCUT2D eigenvalue weighted by molar-refractivity contribution is 6.36. The standard InChI is InChI=1S/C11H10ClN/c1-7-5-6-10(13)8-3-2-4-9(12)11(7)8/h2-6H,13H2,1H3. The van der Waals surface area contributed by atoms with Crippen LogP contribution in [0.4, 0.5) is 5.69 Å². The lowest BCUT2D eigenvalue weighted by molar-refractivity contribution is 1.53. The highest BCUT2D eigenvalue weighted by Crippen LogP contribution is 2.30. The predicted molar refractivity (Wildman–Crippen MR) is 58.1 cm³/mol. The maximum Gasteiger partial charge on any atom is 0.0487 e. The fourth-order valence-corrected chi connectivity index (χ4v) is 1.88. The van der Waals surface area contributed by atoms with E-state index in [4.69, 9.17) is 17.3 Å². The summed E-state index contributed by atoms with van der Waals surface area (Å²) >= 11 is 6.08. The molecule has 2 rings (SSSR count). The molecule has 1 nitrogen and oxygen atoms in total. The first-order chi connectivity index (χ1) is 6.20. The van der Waals surface area contributed by atoms with Gasteiger partial charge in [0, 0.05) is 21.5 Å². The van der Waals surface area contributed by atoms with E-state index < -0.39 is 0 Å². The average Bonchev–Trinajstić information content (AvgIpc) is 2.12. The lowest BCUT2D eigenvalue weighted by atomic mass is 10.0. The van der Waals surface area contributed by atoms with Crippen LogP contribution >= 0.6 is 11.6 Å². The Morgan fingerprint density at radius 2 is 1.92 bits per heavy atom. The number of hydrogen-bond acceptors (Lipinski definition) is 1. The quantitative estimate of drug-likeness (QED) is 0.635. The summed E-state index contributed by atoms with van der Waals surface area (Å²) in [5.41, 5.74) is 7.78. The molecule has 0 unspecified atom stereocenters. The summed E-state index contributed by atoms with van der Waals surface area (Å²) < 4.78 is 0. The Morgan fingerprint density at radius 3 is 2.62 bits per heavy atom. The molecule has 66 valence electrons. The summed E-state index contributed by atoms with van der Waals surface area (Å²) in [5, 5.41) is 2.86. The Morgan fingerprint density at radius 1 is 1.15 bits per heavy atom. The first kappa shape index (κ1) is 8.39. The van der Waals surface area contributed by atoms with E-state index in [-0.39, 0.29) is 0 Å². The van der Waals surface area contributed by atoms with Gasteiger partial charge in [-0.3, -0.25) is 0 Å². The van der Waals surface area contributed by atoms with Crippen molar-refractivity contribution in [1.29, 1.82) is 0 Å². The zero-order valence-corrected chi connectivity index (χ0v) is 8.10. The Hall–Kier alpha value is -1.21. The molecule has 2 heteroatoms. The monoisotopic (exact) mass is 191 g/mol. The van der Waals surface area contributed by atoms with Crippen molar-refractivity contribution < 1.29 is 0 Å². The zero-order valence-electron chi connectivity index (χ0n) is 7.34. The van der Waals surface area contributed by atoms with E-state index in [0.29, 0.717) is 0 Å². The van der Waals surface area contributed by atoms with Gasteiger partial charge in [-0.05, 0) is 24.6 Å². The van der Waals surface area contributed by atoms with Gasteiger partial charge in [-0.15, -0.1) is 0 Å². The minimum Gasteiger partial charge on any atom is -0.398 e. The van der Waals surface area contributed by atoms with Crippen LogP contribution in [0.5, 0.6) is 0 Å². The van der Waals surface area contributed by atoms with E-state index >= 15 is 0 Å². The van der Waals surface area contributed by atoms with E-state index in [1.165, 1.54) is 0 Å². The van der Waals surface area contributed by atoms with Crippen molar-refractivity contribution in [1.82, 2.24) is 0 Å². The third kappa shape index (κ3) is 1.25. The van der Waals surface area contributed by atoms with E-state index in [2.05, 4.69) is 0 Å². The fourth-order valence-electron chi connectivity index (χ4n) is 1.55. The predicted octanol–water partition coefficient (Wildman–Crippen LogP) is 3.38. The maximum absolute atomic E-state index is 6.08. The lowest BCUT2D eigenvalue weighted by Gasteiger charge is -2.06. The summed E-state index contributed by atoms with van der Waals surface area (Å²) in [5.74, 6) is 0. The van der Waals surface area contributed by atoms with Gasteiger partial charge in [0.25, 0.3) is 0 Å². The van der Waals surface area contributed by atoms with Crippen molar-refractivity contribution >= 4 is 28.1 Å². The molecule has 0 aliphatic rings. The molecule has 0 aliphatic heterocycles. The molecule has 2 aromatic rings.